The number of anilines is 1. The summed E-state index contributed by atoms with van der Waals surface area (Å²) in [5.74, 6) is -1.80. The van der Waals surface area contributed by atoms with Crippen molar-refractivity contribution in [3.8, 4) is 0 Å². The van der Waals surface area contributed by atoms with Crippen LogP contribution in [0.2, 0.25) is 10.0 Å². The predicted molar refractivity (Wildman–Crippen MR) is 98.7 cm³/mol. The molecule has 10 heteroatoms. The van der Waals surface area contributed by atoms with Gasteiger partial charge >= 0.3 is 6.55 Å². The molecular formula is C17H17Cl2F2N3O3. The number of alkyl halides is 2. The topological polar surface area (TPSA) is 83.4 Å². The van der Waals surface area contributed by atoms with Gasteiger partial charge in [0, 0.05) is 24.0 Å². The molecule has 1 aliphatic rings. The van der Waals surface area contributed by atoms with Crippen LogP contribution in [0, 0.1) is 0 Å². The first-order chi connectivity index (χ1) is 12.6. The van der Waals surface area contributed by atoms with Crippen molar-refractivity contribution in [2.24, 2.45) is 0 Å². The number of aliphatic hydroxyl groups is 1. The largest absolute Gasteiger partial charge is 0.384 e. The van der Waals surface area contributed by atoms with Gasteiger partial charge in [-0.25, -0.2) is 0 Å². The predicted octanol–water partition coefficient (Wildman–Crippen LogP) is 3.44. The summed E-state index contributed by atoms with van der Waals surface area (Å²) >= 11 is 12.4. The van der Waals surface area contributed by atoms with E-state index >= 15 is 0 Å². The summed E-state index contributed by atoms with van der Waals surface area (Å²) < 4.78 is 28.6. The van der Waals surface area contributed by atoms with Gasteiger partial charge in [0.15, 0.2) is 0 Å². The molecule has 1 aromatic carbocycles. The summed E-state index contributed by atoms with van der Waals surface area (Å²) in [7, 11) is 0. The molecule has 2 heterocycles. The van der Waals surface area contributed by atoms with Crippen LogP contribution in [0.3, 0.4) is 0 Å². The smallest absolute Gasteiger partial charge is 0.319 e. The van der Waals surface area contributed by atoms with Gasteiger partial charge in [-0.2, -0.15) is 8.78 Å². The molecule has 146 valence electrons. The number of benzene rings is 1. The molecule has 0 fully saturated rings. The van der Waals surface area contributed by atoms with E-state index in [1.165, 1.54) is 13.0 Å². The number of aliphatic hydroxyl groups excluding tert-OH is 1. The number of nitrogens with zero attached hydrogens (tertiary/aromatic N) is 1. The van der Waals surface area contributed by atoms with Gasteiger partial charge in [-0.15, -0.1) is 0 Å². The number of hydrogen-bond donors (Lipinski definition) is 3. The van der Waals surface area contributed by atoms with Gasteiger partial charge in [0.1, 0.15) is 6.10 Å². The van der Waals surface area contributed by atoms with E-state index in [9.17, 15) is 23.5 Å². The minimum Gasteiger partial charge on any atom is -0.384 e. The summed E-state index contributed by atoms with van der Waals surface area (Å²) in [6, 6.07) is 1.33. The summed E-state index contributed by atoms with van der Waals surface area (Å²) in [5, 5.41) is 14.8. The van der Waals surface area contributed by atoms with Gasteiger partial charge < -0.3 is 15.7 Å². The maximum atomic E-state index is 13.9. The zero-order valence-electron chi connectivity index (χ0n) is 14.4. The maximum Gasteiger partial charge on any atom is 0.319 e. The van der Waals surface area contributed by atoms with Crippen molar-refractivity contribution in [2.45, 2.75) is 38.8 Å². The lowest BCUT2D eigenvalue weighted by atomic mass is 9.96. The molecule has 0 aliphatic carbocycles. The lowest BCUT2D eigenvalue weighted by Gasteiger charge is -2.14. The summed E-state index contributed by atoms with van der Waals surface area (Å²) in [4.78, 5) is 24.3. The molecule has 1 aromatic heterocycles. The van der Waals surface area contributed by atoms with E-state index in [1.54, 1.807) is 6.92 Å². The minimum absolute atomic E-state index is 0.0308. The zero-order chi connectivity index (χ0) is 20.0. The first-order valence-electron chi connectivity index (χ1n) is 8.24. The van der Waals surface area contributed by atoms with E-state index in [1.807, 2.05) is 0 Å². The quantitative estimate of drug-likeness (QED) is 0.712. The molecular weight excluding hydrogens is 403 g/mol. The highest BCUT2D eigenvalue weighted by Gasteiger charge is 2.33. The van der Waals surface area contributed by atoms with Gasteiger partial charge in [-0.1, -0.05) is 23.2 Å². The molecule has 2 aromatic rings. The van der Waals surface area contributed by atoms with Gasteiger partial charge in [-0.3, -0.25) is 14.2 Å². The number of fused-ring (bicyclic) bond motifs is 3. The number of rotatable bonds is 3. The molecule has 2 amide bonds. The standard InChI is InChI=1S/C17H17Cl2F2N3O3/c1-6-11-10(3-4-22-15(6)26)24(17(20)21)14-12(11)9(5-8(18)13(14)19)23-16(27)7(2)25/h5-7,17,25H,3-4H2,1-2H3,(H,22,26)(H,23,27)/t6-,7-/m0/s1. The first-order valence-corrected chi connectivity index (χ1v) is 9.00. The Kier molecular flexibility index (Phi) is 5.33. The normalized spacial score (nSPS) is 18.2. The fourth-order valence-electron chi connectivity index (χ4n) is 3.38. The Morgan fingerprint density at radius 1 is 1.44 bits per heavy atom. The van der Waals surface area contributed by atoms with Crippen LogP contribution in [0.1, 0.15) is 37.6 Å². The lowest BCUT2D eigenvalue weighted by molar-refractivity contribution is -0.123. The van der Waals surface area contributed by atoms with Gasteiger partial charge in [0.2, 0.25) is 5.91 Å². The van der Waals surface area contributed by atoms with E-state index in [0.29, 0.717) is 5.56 Å². The fourth-order valence-corrected chi connectivity index (χ4v) is 3.82. The first kappa shape index (κ1) is 19.9. The molecule has 0 spiro atoms. The SMILES string of the molecule is C[C@H](O)C(=O)Nc1cc(Cl)c(Cl)c2c1c1c(n2C(F)F)CCNC(=O)[C@H]1C. The van der Waals surface area contributed by atoms with Crippen LogP contribution in [0.4, 0.5) is 14.5 Å². The highest BCUT2D eigenvalue weighted by molar-refractivity contribution is 6.46. The average molecular weight is 420 g/mol. The van der Waals surface area contributed by atoms with Gasteiger partial charge in [-0.05, 0) is 25.5 Å². The number of carbonyl (C=O) groups excluding carboxylic acids is 2. The monoisotopic (exact) mass is 419 g/mol. The molecule has 0 saturated carbocycles. The van der Waals surface area contributed by atoms with Crippen molar-refractivity contribution >= 4 is 51.6 Å². The number of nitrogens with one attached hydrogen (secondary N) is 2. The second-order valence-electron chi connectivity index (χ2n) is 6.38. The van der Waals surface area contributed by atoms with Crippen molar-refractivity contribution in [2.75, 3.05) is 11.9 Å². The third kappa shape index (κ3) is 3.26. The van der Waals surface area contributed by atoms with Crippen molar-refractivity contribution in [3.63, 3.8) is 0 Å². The van der Waals surface area contributed by atoms with E-state index in [2.05, 4.69) is 10.6 Å². The molecule has 6 nitrogen and oxygen atoms in total. The van der Waals surface area contributed by atoms with E-state index in [4.69, 9.17) is 23.2 Å². The van der Waals surface area contributed by atoms with Crippen LogP contribution >= 0.6 is 23.2 Å². The Morgan fingerprint density at radius 3 is 2.70 bits per heavy atom. The summed E-state index contributed by atoms with van der Waals surface area (Å²) in [6.45, 7) is 0.135. The number of hydrogen-bond acceptors (Lipinski definition) is 3. The number of amides is 2. The molecule has 0 bridgehead atoms. The molecule has 3 N–H and O–H groups in total. The second-order valence-corrected chi connectivity index (χ2v) is 7.16. The van der Waals surface area contributed by atoms with Crippen LogP contribution < -0.4 is 10.6 Å². The Balaban J connectivity index is 2.43. The lowest BCUT2D eigenvalue weighted by Crippen LogP contribution is -2.27. The molecule has 0 saturated heterocycles. The van der Waals surface area contributed by atoms with E-state index in [-0.39, 0.29) is 51.2 Å². The molecule has 2 atom stereocenters. The minimum atomic E-state index is -2.92. The van der Waals surface area contributed by atoms with Crippen molar-refractivity contribution < 1.29 is 23.5 Å². The van der Waals surface area contributed by atoms with Crippen molar-refractivity contribution in [3.05, 3.63) is 27.4 Å². The average Bonchev–Trinajstić information content (AvgIpc) is 2.86. The van der Waals surface area contributed by atoms with Crippen LogP contribution in [-0.2, 0) is 16.0 Å². The summed E-state index contributed by atoms with van der Waals surface area (Å²) in [6.07, 6.45) is -1.16. The van der Waals surface area contributed by atoms with Crippen LogP contribution in [-0.4, -0.2) is 34.1 Å². The molecule has 27 heavy (non-hydrogen) atoms. The van der Waals surface area contributed by atoms with Crippen molar-refractivity contribution in [1.82, 2.24) is 9.88 Å². The highest BCUT2D eigenvalue weighted by Crippen LogP contribution is 2.45. The third-order valence-electron chi connectivity index (χ3n) is 4.63. The maximum absolute atomic E-state index is 13.9. The van der Waals surface area contributed by atoms with Crippen LogP contribution in [0.25, 0.3) is 10.9 Å². The molecule has 0 radical (unpaired) electrons. The van der Waals surface area contributed by atoms with Gasteiger partial charge in [0.05, 0.1) is 27.2 Å². The Bertz CT molecular complexity index is 944. The molecule has 1 aliphatic heterocycles. The van der Waals surface area contributed by atoms with E-state index < -0.39 is 24.5 Å². The van der Waals surface area contributed by atoms with Crippen LogP contribution in [0.15, 0.2) is 6.07 Å². The Morgan fingerprint density at radius 2 is 2.11 bits per heavy atom. The fraction of sp³-hybridized carbons (Fsp3) is 0.412. The Labute approximate surface area is 163 Å². The highest BCUT2D eigenvalue weighted by atomic mass is 35.5. The van der Waals surface area contributed by atoms with Gasteiger partial charge in [0.25, 0.3) is 5.91 Å². The number of carbonyl (C=O) groups is 2. The van der Waals surface area contributed by atoms with Crippen LogP contribution in [0.5, 0.6) is 0 Å². The number of aromatic nitrogens is 1. The molecule has 0 unspecified atom stereocenters. The van der Waals surface area contributed by atoms with Crippen molar-refractivity contribution in [1.29, 1.82) is 0 Å². The van der Waals surface area contributed by atoms with E-state index in [0.717, 1.165) is 4.57 Å². The number of halogens is 4. The Hall–Kier alpha value is -1.90. The zero-order valence-corrected chi connectivity index (χ0v) is 16.0. The molecule has 3 rings (SSSR count). The summed E-state index contributed by atoms with van der Waals surface area (Å²) in [5.41, 5.74) is 0.677. The third-order valence-corrected chi connectivity index (χ3v) is 5.40. The second kappa shape index (κ2) is 7.26.